The molecule has 0 aromatic heterocycles. The molecular weight excluding hydrogens is 242 g/mol. The summed E-state index contributed by atoms with van der Waals surface area (Å²) in [5.74, 6) is 0.287. The van der Waals surface area contributed by atoms with Crippen LogP contribution in [0.4, 0.5) is 11.4 Å². The number of para-hydroxylation sites is 1. The Kier molecular flexibility index (Phi) is 4.03. The van der Waals surface area contributed by atoms with Crippen molar-refractivity contribution in [3.05, 3.63) is 54.1 Å². The fourth-order valence-corrected chi connectivity index (χ4v) is 1.73. The average Bonchev–Trinajstić information content (AvgIpc) is 2.47. The van der Waals surface area contributed by atoms with Gasteiger partial charge in [-0.05, 0) is 30.3 Å². The molecule has 0 bridgehead atoms. The molecule has 0 unspecified atom stereocenters. The van der Waals surface area contributed by atoms with Gasteiger partial charge >= 0.3 is 5.97 Å². The largest absolute Gasteiger partial charge is 0.495 e. The van der Waals surface area contributed by atoms with Crippen LogP contribution in [0.1, 0.15) is 10.4 Å². The number of carbonyl (C=O) groups excluding carboxylic acids is 1. The third kappa shape index (κ3) is 3.04. The number of hydrogen-bond acceptors (Lipinski definition) is 4. The van der Waals surface area contributed by atoms with Gasteiger partial charge in [0, 0.05) is 5.69 Å². The van der Waals surface area contributed by atoms with Crippen molar-refractivity contribution < 1.29 is 14.3 Å². The molecular formula is C15H15NO3. The zero-order valence-corrected chi connectivity index (χ0v) is 10.8. The van der Waals surface area contributed by atoms with E-state index in [0.717, 1.165) is 11.4 Å². The normalized spacial score (nSPS) is 9.79. The van der Waals surface area contributed by atoms with Crippen LogP contribution in [0.15, 0.2) is 48.5 Å². The predicted octanol–water partition coefficient (Wildman–Crippen LogP) is 3.23. The van der Waals surface area contributed by atoms with E-state index >= 15 is 0 Å². The molecule has 19 heavy (non-hydrogen) atoms. The minimum Gasteiger partial charge on any atom is -0.495 e. The van der Waals surface area contributed by atoms with Gasteiger partial charge in [0.1, 0.15) is 5.75 Å². The molecule has 0 aliphatic rings. The highest BCUT2D eigenvalue weighted by atomic mass is 16.5. The van der Waals surface area contributed by atoms with Crippen molar-refractivity contribution in [1.82, 2.24) is 0 Å². The van der Waals surface area contributed by atoms with Gasteiger partial charge in [0.05, 0.1) is 25.5 Å². The zero-order valence-electron chi connectivity index (χ0n) is 10.8. The Bertz CT molecular complexity index is 567. The zero-order chi connectivity index (χ0) is 13.7. The van der Waals surface area contributed by atoms with E-state index in [1.807, 2.05) is 30.3 Å². The van der Waals surface area contributed by atoms with E-state index in [2.05, 4.69) is 5.32 Å². The molecule has 2 rings (SSSR count). The van der Waals surface area contributed by atoms with Gasteiger partial charge in [0.25, 0.3) is 0 Å². The first-order valence-electron chi connectivity index (χ1n) is 5.83. The number of esters is 1. The lowest BCUT2D eigenvalue weighted by molar-refractivity contribution is 0.0601. The maximum absolute atomic E-state index is 11.5. The second kappa shape index (κ2) is 5.91. The van der Waals surface area contributed by atoms with Crippen LogP contribution >= 0.6 is 0 Å². The number of hydrogen-bond donors (Lipinski definition) is 1. The van der Waals surface area contributed by atoms with E-state index in [-0.39, 0.29) is 5.97 Å². The number of anilines is 2. The van der Waals surface area contributed by atoms with Crippen LogP contribution in [0.5, 0.6) is 5.75 Å². The highest BCUT2D eigenvalue weighted by Gasteiger charge is 2.10. The SMILES string of the molecule is COC(=O)c1ccc(OC)c(Nc2ccccc2)c1. The van der Waals surface area contributed by atoms with E-state index in [9.17, 15) is 4.79 Å². The molecule has 0 heterocycles. The van der Waals surface area contributed by atoms with Gasteiger partial charge in [-0.2, -0.15) is 0 Å². The van der Waals surface area contributed by atoms with Crippen molar-refractivity contribution in [2.24, 2.45) is 0 Å². The third-order valence-electron chi connectivity index (χ3n) is 2.67. The first-order valence-corrected chi connectivity index (χ1v) is 5.83. The molecule has 0 atom stereocenters. The molecule has 2 aromatic carbocycles. The minimum absolute atomic E-state index is 0.376. The maximum atomic E-state index is 11.5. The van der Waals surface area contributed by atoms with E-state index in [1.54, 1.807) is 25.3 Å². The van der Waals surface area contributed by atoms with Crippen molar-refractivity contribution in [2.75, 3.05) is 19.5 Å². The summed E-state index contributed by atoms with van der Waals surface area (Å²) in [4.78, 5) is 11.5. The van der Waals surface area contributed by atoms with Crippen LogP contribution in [0.25, 0.3) is 0 Å². The molecule has 0 spiro atoms. The van der Waals surface area contributed by atoms with Gasteiger partial charge in [-0.25, -0.2) is 4.79 Å². The number of benzene rings is 2. The second-order valence-electron chi connectivity index (χ2n) is 3.90. The van der Waals surface area contributed by atoms with E-state index in [1.165, 1.54) is 7.11 Å². The molecule has 0 aliphatic carbocycles. The third-order valence-corrected chi connectivity index (χ3v) is 2.67. The first kappa shape index (κ1) is 13.0. The topological polar surface area (TPSA) is 47.6 Å². The number of ether oxygens (including phenoxy) is 2. The Labute approximate surface area is 112 Å². The van der Waals surface area contributed by atoms with Crippen molar-refractivity contribution in [3.63, 3.8) is 0 Å². The van der Waals surface area contributed by atoms with Gasteiger partial charge in [-0.3, -0.25) is 0 Å². The fraction of sp³-hybridized carbons (Fsp3) is 0.133. The lowest BCUT2D eigenvalue weighted by Crippen LogP contribution is -2.03. The maximum Gasteiger partial charge on any atom is 0.337 e. The van der Waals surface area contributed by atoms with Gasteiger partial charge in [-0.1, -0.05) is 18.2 Å². The molecule has 0 radical (unpaired) electrons. The Morgan fingerprint density at radius 1 is 1.05 bits per heavy atom. The van der Waals surface area contributed by atoms with Gasteiger partial charge in [0.15, 0.2) is 0 Å². The van der Waals surface area contributed by atoms with Crippen LogP contribution in [0.3, 0.4) is 0 Å². The summed E-state index contributed by atoms with van der Waals surface area (Å²) in [5, 5.41) is 3.21. The molecule has 4 heteroatoms. The monoisotopic (exact) mass is 257 g/mol. The highest BCUT2D eigenvalue weighted by Crippen LogP contribution is 2.28. The van der Waals surface area contributed by atoms with Crippen LogP contribution < -0.4 is 10.1 Å². The summed E-state index contributed by atoms with van der Waals surface area (Å²) >= 11 is 0. The molecule has 0 amide bonds. The standard InChI is InChI=1S/C15H15NO3/c1-18-14-9-8-11(15(17)19-2)10-13(14)16-12-6-4-3-5-7-12/h3-10,16H,1-2H3. The number of nitrogens with one attached hydrogen (secondary N) is 1. The number of rotatable bonds is 4. The highest BCUT2D eigenvalue weighted by molar-refractivity contribution is 5.91. The van der Waals surface area contributed by atoms with E-state index in [4.69, 9.17) is 9.47 Å². The summed E-state index contributed by atoms with van der Waals surface area (Å²) in [6.45, 7) is 0. The summed E-state index contributed by atoms with van der Waals surface area (Å²) in [5.41, 5.74) is 2.11. The Balaban J connectivity index is 2.34. The molecule has 98 valence electrons. The Morgan fingerprint density at radius 3 is 2.42 bits per heavy atom. The summed E-state index contributed by atoms with van der Waals surface area (Å²) in [6, 6.07) is 14.8. The lowest BCUT2D eigenvalue weighted by Gasteiger charge is -2.12. The van der Waals surface area contributed by atoms with E-state index < -0.39 is 0 Å². The van der Waals surface area contributed by atoms with Crippen molar-refractivity contribution >= 4 is 17.3 Å². The molecule has 4 nitrogen and oxygen atoms in total. The van der Waals surface area contributed by atoms with Crippen LogP contribution in [-0.4, -0.2) is 20.2 Å². The van der Waals surface area contributed by atoms with Crippen LogP contribution in [0, 0.1) is 0 Å². The fourth-order valence-electron chi connectivity index (χ4n) is 1.73. The van der Waals surface area contributed by atoms with Crippen LogP contribution in [0.2, 0.25) is 0 Å². The van der Waals surface area contributed by atoms with E-state index in [0.29, 0.717) is 11.3 Å². The average molecular weight is 257 g/mol. The Hall–Kier alpha value is -2.49. The quantitative estimate of drug-likeness (QED) is 0.854. The van der Waals surface area contributed by atoms with Gasteiger partial charge in [0.2, 0.25) is 0 Å². The van der Waals surface area contributed by atoms with Crippen molar-refractivity contribution in [3.8, 4) is 5.75 Å². The molecule has 0 aliphatic heterocycles. The van der Waals surface area contributed by atoms with Gasteiger partial charge in [-0.15, -0.1) is 0 Å². The molecule has 2 aromatic rings. The molecule has 0 saturated heterocycles. The Morgan fingerprint density at radius 2 is 1.79 bits per heavy atom. The smallest absolute Gasteiger partial charge is 0.337 e. The summed E-state index contributed by atoms with van der Waals surface area (Å²) < 4.78 is 9.98. The second-order valence-corrected chi connectivity index (χ2v) is 3.90. The first-order chi connectivity index (χ1) is 9.24. The minimum atomic E-state index is -0.376. The lowest BCUT2D eigenvalue weighted by atomic mass is 10.1. The summed E-state index contributed by atoms with van der Waals surface area (Å²) in [6.07, 6.45) is 0. The molecule has 0 saturated carbocycles. The van der Waals surface area contributed by atoms with Crippen molar-refractivity contribution in [2.45, 2.75) is 0 Å². The van der Waals surface area contributed by atoms with Crippen molar-refractivity contribution in [1.29, 1.82) is 0 Å². The van der Waals surface area contributed by atoms with Crippen LogP contribution in [-0.2, 0) is 4.74 Å². The number of carbonyl (C=O) groups is 1. The predicted molar refractivity (Wildman–Crippen MR) is 74.1 cm³/mol. The summed E-state index contributed by atoms with van der Waals surface area (Å²) in [7, 11) is 2.94. The van der Waals surface area contributed by atoms with Gasteiger partial charge < -0.3 is 14.8 Å². The molecule has 1 N–H and O–H groups in total. The number of methoxy groups -OCH3 is 2. The molecule has 0 fully saturated rings.